The Hall–Kier alpha value is -1.39. The molecule has 0 aliphatic carbocycles. The Kier molecular flexibility index (Phi) is 7.71. The topological polar surface area (TPSA) is 32.8 Å². The van der Waals surface area contributed by atoms with Crippen molar-refractivity contribution in [3.05, 3.63) is 35.9 Å². The molecule has 150 valence electrons. The lowest BCUT2D eigenvalue weighted by atomic mass is 10.0. The van der Waals surface area contributed by atoms with Crippen LogP contribution in [0, 0.1) is 5.92 Å². The van der Waals surface area contributed by atoms with E-state index in [1.165, 1.54) is 5.56 Å². The molecule has 0 N–H and O–H groups in total. The summed E-state index contributed by atoms with van der Waals surface area (Å²) in [5.41, 5.74) is 1.39. The van der Waals surface area contributed by atoms with Gasteiger partial charge in [0.2, 0.25) is 5.91 Å². The molecule has 4 nitrogen and oxygen atoms in total. The van der Waals surface area contributed by atoms with Crippen LogP contribution in [0.3, 0.4) is 0 Å². The maximum atomic E-state index is 12.3. The summed E-state index contributed by atoms with van der Waals surface area (Å²) in [6, 6.07) is 10.7. The van der Waals surface area contributed by atoms with E-state index in [1.54, 1.807) is 0 Å². The van der Waals surface area contributed by atoms with Crippen LogP contribution >= 0.6 is 0 Å². The van der Waals surface area contributed by atoms with Gasteiger partial charge in [0.05, 0.1) is 12.2 Å². The zero-order valence-corrected chi connectivity index (χ0v) is 17.1. The zero-order chi connectivity index (χ0) is 19.1. The molecule has 0 spiro atoms. The van der Waals surface area contributed by atoms with Crippen LogP contribution in [0.25, 0.3) is 0 Å². The zero-order valence-electron chi connectivity index (χ0n) is 17.1. The van der Waals surface area contributed by atoms with Crippen molar-refractivity contribution >= 4 is 5.91 Å². The van der Waals surface area contributed by atoms with Crippen molar-refractivity contribution in [1.29, 1.82) is 0 Å². The Morgan fingerprint density at radius 3 is 2.19 bits per heavy atom. The van der Waals surface area contributed by atoms with Gasteiger partial charge < -0.3 is 9.64 Å². The SMILES string of the molecule is CC(C)CCC(=O)N1CCC(OC2CCN(Cc3ccccc3)CC2)CC1. The lowest BCUT2D eigenvalue weighted by Crippen LogP contribution is -2.43. The quantitative estimate of drug-likeness (QED) is 0.722. The fourth-order valence-electron chi connectivity index (χ4n) is 4.13. The Morgan fingerprint density at radius 1 is 1.00 bits per heavy atom. The largest absolute Gasteiger partial charge is 0.375 e. The number of likely N-dealkylation sites (tertiary alicyclic amines) is 2. The second-order valence-electron chi connectivity index (χ2n) is 8.61. The summed E-state index contributed by atoms with van der Waals surface area (Å²) in [6.07, 6.45) is 6.67. The number of rotatable bonds is 7. The van der Waals surface area contributed by atoms with Gasteiger partial charge in [-0.25, -0.2) is 0 Å². The van der Waals surface area contributed by atoms with Gasteiger partial charge in [-0.05, 0) is 43.6 Å². The summed E-state index contributed by atoms with van der Waals surface area (Å²) in [6.45, 7) is 9.38. The maximum absolute atomic E-state index is 12.3. The fourth-order valence-corrected chi connectivity index (χ4v) is 4.13. The minimum absolute atomic E-state index is 0.330. The summed E-state index contributed by atoms with van der Waals surface area (Å²) in [4.78, 5) is 16.8. The number of hydrogen-bond donors (Lipinski definition) is 0. The van der Waals surface area contributed by atoms with Crippen LogP contribution in [-0.2, 0) is 16.1 Å². The van der Waals surface area contributed by atoms with Crippen LogP contribution in [0.1, 0.15) is 57.9 Å². The first kappa shape index (κ1) is 20.3. The van der Waals surface area contributed by atoms with Crippen molar-refractivity contribution in [2.45, 2.75) is 71.1 Å². The molecular formula is C23H36N2O2. The van der Waals surface area contributed by atoms with E-state index in [4.69, 9.17) is 4.74 Å². The highest BCUT2D eigenvalue weighted by molar-refractivity contribution is 5.76. The average molecular weight is 373 g/mol. The molecule has 0 atom stereocenters. The highest BCUT2D eigenvalue weighted by atomic mass is 16.5. The fraction of sp³-hybridized carbons (Fsp3) is 0.696. The number of benzene rings is 1. The number of nitrogens with zero attached hydrogens (tertiary/aromatic N) is 2. The van der Waals surface area contributed by atoms with Crippen LogP contribution in [-0.4, -0.2) is 54.1 Å². The number of carbonyl (C=O) groups is 1. The molecular weight excluding hydrogens is 336 g/mol. The highest BCUT2D eigenvalue weighted by Crippen LogP contribution is 2.22. The first-order chi connectivity index (χ1) is 13.1. The summed E-state index contributed by atoms with van der Waals surface area (Å²) < 4.78 is 6.39. The molecule has 27 heavy (non-hydrogen) atoms. The van der Waals surface area contributed by atoms with Gasteiger partial charge in [-0.15, -0.1) is 0 Å². The minimum Gasteiger partial charge on any atom is -0.375 e. The van der Waals surface area contributed by atoms with Gasteiger partial charge in [0.15, 0.2) is 0 Å². The Morgan fingerprint density at radius 2 is 1.59 bits per heavy atom. The lowest BCUT2D eigenvalue weighted by molar-refractivity contribution is -0.135. The molecule has 2 aliphatic rings. The van der Waals surface area contributed by atoms with Crippen molar-refractivity contribution < 1.29 is 9.53 Å². The van der Waals surface area contributed by atoms with E-state index in [0.717, 1.165) is 64.8 Å². The Balaban J connectivity index is 1.33. The van der Waals surface area contributed by atoms with Crippen molar-refractivity contribution in [3.8, 4) is 0 Å². The number of piperidine rings is 2. The second kappa shape index (κ2) is 10.2. The van der Waals surface area contributed by atoms with Gasteiger partial charge in [-0.2, -0.15) is 0 Å². The monoisotopic (exact) mass is 372 g/mol. The van der Waals surface area contributed by atoms with E-state index in [9.17, 15) is 4.79 Å². The van der Waals surface area contributed by atoms with Gasteiger partial charge in [0.25, 0.3) is 0 Å². The van der Waals surface area contributed by atoms with Crippen LogP contribution in [0.15, 0.2) is 30.3 Å². The first-order valence-corrected chi connectivity index (χ1v) is 10.8. The number of carbonyl (C=O) groups excluding carboxylic acids is 1. The van der Waals surface area contributed by atoms with Crippen molar-refractivity contribution in [2.75, 3.05) is 26.2 Å². The summed E-state index contributed by atoms with van der Waals surface area (Å²) in [5.74, 6) is 0.930. The third-order valence-corrected chi connectivity index (χ3v) is 5.90. The average Bonchev–Trinajstić information content (AvgIpc) is 2.69. The van der Waals surface area contributed by atoms with E-state index in [-0.39, 0.29) is 0 Å². The molecule has 0 radical (unpaired) electrons. The molecule has 1 aromatic rings. The maximum Gasteiger partial charge on any atom is 0.222 e. The number of amides is 1. The number of ether oxygens (including phenoxy) is 1. The molecule has 3 rings (SSSR count). The Labute approximate surface area is 164 Å². The van der Waals surface area contributed by atoms with E-state index < -0.39 is 0 Å². The molecule has 0 saturated carbocycles. The van der Waals surface area contributed by atoms with Crippen LogP contribution < -0.4 is 0 Å². The third kappa shape index (κ3) is 6.62. The normalized spacial score (nSPS) is 20.3. The first-order valence-electron chi connectivity index (χ1n) is 10.8. The summed E-state index contributed by atoms with van der Waals surface area (Å²) >= 11 is 0. The molecule has 1 aromatic carbocycles. The second-order valence-corrected chi connectivity index (χ2v) is 8.61. The molecule has 1 amide bonds. The molecule has 0 unspecified atom stereocenters. The lowest BCUT2D eigenvalue weighted by Gasteiger charge is -2.37. The minimum atomic E-state index is 0.330. The molecule has 2 fully saturated rings. The third-order valence-electron chi connectivity index (χ3n) is 5.90. The van der Waals surface area contributed by atoms with Crippen molar-refractivity contribution in [1.82, 2.24) is 9.80 Å². The standard InChI is InChI=1S/C23H36N2O2/c1-19(2)8-9-23(26)25-16-12-22(13-17-25)27-21-10-14-24(15-11-21)18-20-6-4-3-5-7-20/h3-7,19,21-22H,8-18H2,1-2H3. The van der Waals surface area contributed by atoms with Gasteiger partial charge in [0.1, 0.15) is 0 Å². The van der Waals surface area contributed by atoms with Gasteiger partial charge in [0, 0.05) is 39.1 Å². The van der Waals surface area contributed by atoms with Crippen molar-refractivity contribution in [2.24, 2.45) is 5.92 Å². The van der Waals surface area contributed by atoms with Crippen LogP contribution in [0.2, 0.25) is 0 Å². The number of hydrogen-bond acceptors (Lipinski definition) is 3. The van der Waals surface area contributed by atoms with E-state index >= 15 is 0 Å². The molecule has 2 aliphatic heterocycles. The van der Waals surface area contributed by atoms with Gasteiger partial charge in [-0.3, -0.25) is 9.69 Å². The molecule has 4 heteroatoms. The van der Waals surface area contributed by atoms with Crippen molar-refractivity contribution in [3.63, 3.8) is 0 Å². The predicted octanol–water partition coefficient (Wildman–Crippen LogP) is 4.09. The van der Waals surface area contributed by atoms with E-state index in [0.29, 0.717) is 30.5 Å². The predicted molar refractivity (Wildman–Crippen MR) is 110 cm³/mol. The van der Waals surface area contributed by atoms with E-state index in [1.807, 2.05) is 4.90 Å². The smallest absolute Gasteiger partial charge is 0.222 e. The van der Waals surface area contributed by atoms with Crippen LogP contribution in [0.4, 0.5) is 0 Å². The Bertz CT molecular complexity index is 559. The molecule has 2 heterocycles. The highest BCUT2D eigenvalue weighted by Gasteiger charge is 2.27. The molecule has 0 bridgehead atoms. The summed E-state index contributed by atoms with van der Waals surface area (Å²) in [5, 5.41) is 0. The molecule has 2 saturated heterocycles. The van der Waals surface area contributed by atoms with Crippen LogP contribution in [0.5, 0.6) is 0 Å². The van der Waals surface area contributed by atoms with Gasteiger partial charge in [-0.1, -0.05) is 44.2 Å². The molecule has 0 aromatic heterocycles. The summed E-state index contributed by atoms with van der Waals surface area (Å²) in [7, 11) is 0. The van der Waals surface area contributed by atoms with Gasteiger partial charge >= 0.3 is 0 Å². The van der Waals surface area contributed by atoms with E-state index in [2.05, 4.69) is 49.1 Å².